The zero-order chi connectivity index (χ0) is 15.6. The summed E-state index contributed by atoms with van der Waals surface area (Å²) in [4.78, 5) is 15.0. The molecule has 1 unspecified atom stereocenters. The first-order valence-electron chi connectivity index (χ1n) is 7.22. The van der Waals surface area contributed by atoms with Crippen LogP contribution in [0.5, 0.6) is 0 Å². The van der Waals surface area contributed by atoms with Crippen molar-refractivity contribution >= 4 is 34.7 Å². The number of carbonyl (C=O) groups excluding carboxylic acids is 1. The minimum absolute atomic E-state index is 0.0138. The molecule has 2 N–H and O–H groups in total. The third-order valence-corrected chi connectivity index (χ3v) is 5.33. The SMILES string of the molecule is CC(c1ccccc1Cl)N(C)C(=O)C1(C(N)=S)CCCC1. The number of thiocarbonyl (C=S) groups is 1. The van der Waals surface area contributed by atoms with Gasteiger partial charge in [0.15, 0.2) is 0 Å². The molecule has 114 valence electrons. The molecule has 2 rings (SSSR count). The second-order valence-corrected chi connectivity index (χ2v) is 6.61. The molecule has 1 aliphatic carbocycles. The van der Waals surface area contributed by atoms with Gasteiger partial charge in [0.2, 0.25) is 5.91 Å². The Hall–Kier alpha value is -1.13. The summed E-state index contributed by atoms with van der Waals surface area (Å²) >= 11 is 11.4. The fourth-order valence-corrected chi connectivity index (χ4v) is 3.67. The summed E-state index contributed by atoms with van der Waals surface area (Å²) in [5, 5.41) is 0.667. The average molecular weight is 325 g/mol. The van der Waals surface area contributed by atoms with Gasteiger partial charge in [-0.25, -0.2) is 0 Å². The molecule has 1 fully saturated rings. The van der Waals surface area contributed by atoms with Crippen molar-refractivity contribution < 1.29 is 4.79 Å². The minimum atomic E-state index is -0.667. The number of nitrogens with two attached hydrogens (primary N) is 1. The second-order valence-electron chi connectivity index (χ2n) is 5.77. The van der Waals surface area contributed by atoms with E-state index in [0.717, 1.165) is 31.2 Å². The van der Waals surface area contributed by atoms with Crippen molar-refractivity contribution in [1.82, 2.24) is 4.90 Å². The molecule has 21 heavy (non-hydrogen) atoms. The zero-order valence-corrected chi connectivity index (χ0v) is 14.0. The van der Waals surface area contributed by atoms with E-state index in [9.17, 15) is 4.79 Å². The number of hydrogen-bond acceptors (Lipinski definition) is 2. The number of nitrogens with zero attached hydrogens (tertiary/aromatic N) is 1. The van der Waals surface area contributed by atoms with Crippen molar-refractivity contribution in [3.8, 4) is 0 Å². The largest absolute Gasteiger partial charge is 0.392 e. The van der Waals surface area contributed by atoms with Gasteiger partial charge >= 0.3 is 0 Å². The molecule has 1 aromatic carbocycles. The first-order chi connectivity index (χ1) is 9.90. The van der Waals surface area contributed by atoms with E-state index in [1.165, 1.54) is 0 Å². The van der Waals surface area contributed by atoms with Gasteiger partial charge in [-0.1, -0.05) is 54.9 Å². The molecule has 1 amide bonds. The van der Waals surface area contributed by atoms with Crippen LogP contribution in [0.4, 0.5) is 0 Å². The van der Waals surface area contributed by atoms with Crippen LogP contribution in [0.15, 0.2) is 24.3 Å². The van der Waals surface area contributed by atoms with Gasteiger partial charge in [0.25, 0.3) is 0 Å². The average Bonchev–Trinajstić information content (AvgIpc) is 2.96. The lowest BCUT2D eigenvalue weighted by Crippen LogP contribution is -2.48. The first kappa shape index (κ1) is 16.2. The number of amides is 1. The normalized spacial score (nSPS) is 18.2. The lowest BCUT2D eigenvalue weighted by atomic mass is 9.84. The van der Waals surface area contributed by atoms with Crippen LogP contribution in [0.3, 0.4) is 0 Å². The first-order valence-corrected chi connectivity index (χ1v) is 8.00. The van der Waals surface area contributed by atoms with Gasteiger partial charge in [0.1, 0.15) is 0 Å². The highest BCUT2D eigenvalue weighted by Gasteiger charge is 2.46. The summed E-state index contributed by atoms with van der Waals surface area (Å²) in [5.74, 6) is 0.0138. The van der Waals surface area contributed by atoms with Crippen LogP contribution in [0.1, 0.15) is 44.2 Å². The Labute approximate surface area is 136 Å². The van der Waals surface area contributed by atoms with Gasteiger partial charge in [-0.3, -0.25) is 4.79 Å². The molecule has 0 heterocycles. The molecule has 1 aromatic rings. The van der Waals surface area contributed by atoms with E-state index in [1.54, 1.807) is 11.9 Å². The van der Waals surface area contributed by atoms with Gasteiger partial charge in [0, 0.05) is 12.1 Å². The molecule has 3 nitrogen and oxygen atoms in total. The number of hydrogen-bond donors (Lipinski definition) is 1. The highest BCUT2D eigenvalue weighted by molar-refractivity contribution is 7.80. The second kappa shape index (κ2) is 6.32. The predicted molar refractivity (Wildman–Crippen MR) is 90.3 cm³/mol. The number of halogens is 1. The van der Waals surface area contributed by atoms with E-state index in [4.69, 9.17) is 29.6 Å². The van der Waals surface area contributed by atoms with Gasteiger partial charge in [-0.05, 0) is 31.4 Å². The highest BCUT2D eigenvalue weighted by atomic mass is 35.5. The molecule has 1 saturated carbocycles. The van der Waals surface area contributed by atoms with Crippen LogP contribution >= 0.6 is 23.8 Å². The van der Waals surface area contributed by atoms with Crippen LogP contribution in [0.25, 0.3) is 0 Å². The monoisotopic (exact) mass is 324 g/mol. The Morgan fingerprint density at radius 1 is 1.38 bits per heavy atom. The van der Waals surface area contributed by atoms with Crippen molar-refractivity contribution in [1.29, 1.82) is 0 Å². The molecule has 0 saturated heterocycles. The maximum atomic E-state index is 13.0. The fourth-order valence-electron chi connectivity index (χ4n) is 3.08. The highest BCUT2D eigenvalue weighted by Crippen LogP contribution is 2.41. The molecule has 0 radical (unpaired) electrons. The lowest BCUT2D eigenvalue weighted by Gasteiger charge is -2.35. The van der Waals surface area contributed by atoms with E-state index in [2.05, 4.69) is 0 Å². The van der Waals surface area contributed by atoms with Crippen molar-refractivity contribution in [2.45, 2.75) is 38.6 Å². The Kier molecular flexibility index (Phi) is 4.89. The zero-order valence-electron chi connectivity index (χ0n) is 12.4. The molecular formula is C16H21ClN2OS. The van der Waals surface area contributed by atoms with Gasteiger partial charge in [0.05, 0.1) is 16.4 Å². The molecular weight excluding hydrogens is 304 g/mol. The van der Waals surface area contributed by atoms with Gasteiger partial charge < -0.3 is 10.6 Å². The minimum Gasteiger partial charge on any atom is -0.392 e. The maximum Gasteiger partial charge on any atom is 0.235 e. The smallest absolute Gasteiger partial charge is 0.235 e. The Balaban J connectivity index is 2.26. The van der Waals surface area contributed by atoms with Crippen LogP contribution < -0.4 is 5.73 Å². The predicted octanol–water partition coefficient (Wildman–Crippen LogP) is 3.71. The number of carbonyl (C=O) groups is 1. The summed E-state index contributed by atoms with van der Waals surface area (Å²) < 4.78 is 0. The fraction of sp³-hybridized carbons (Fsp3) is 0.500. The topological polar surface area (TPSA) is 46.3 Å². The van der Waals surface area contributed by atoms with Crippen LogP contribution in [-0.4, -0.2) is 22.8 Å². The van der Waals surface area contributed by atoms with E-state index in [1.807, 2.05) is 31.2 Å². The molecule has 1 aliphatic rings. The quantitative estimate of drug-likeness (QED) is 0.859. The molecule has 0 aromatic heterocycles. The van der Waals surface area contributed by atoms with Crippen LogP contribution in [0.2, 0.25) is 5.02 Å². The summed E-state index contributed by atoms with van der Waals surface area (Å²) in [6.45, 7) is 1.97. The molecule has 0 bridgehead atoms. The molecule has 0 aliphatic heterocycles. The summed E-state index contributed by atoms with van der Waals surface area (Å²) in [7, 11) is 1.80. The molecule has 0 spiro atoms. The van der Waals surface area contributed by atoms with Gasteiger partial charge in [-0.15, -0.1) is 0 Å². The molecule has 1 atom stereocenters. The van der Waals surface area contributed by atoms with Crippen LogP contribution in [0, 0.1) is 5.41 Å². The molecule has 5 heteroatoms. The Morgan fingerprint density at radius 3 is 2.48 bits per heavy atom. The van der Waals surface area contributed by atoms with E-state index in [-0.39, 0.29) is 11.9 Å². The van der Waals surface area contributed by atoms with Gasteiger partial charge in [-0.2, -0.15) is 0 Å². The lowest BCUT2D eigenvalue weighted by molar-refractivity contribution is -0.138. The van der Waals surface area contributed by atoms with Crippen molar-refractivity contribution in [3.63, 3.8) is 0 Å². The van der Waals surface area contributed by atoms with E-state index < -0.39 is 5.41 Å². The summed E-state index contributed by atoms with van der Waals surface area (Å²) in [5.41, 5.74) is 6.17. The third-order valence-electron chi connectivity index (χ3n) is 4.59. The van der Waals surface area contributed by atoms with Crippen molar-refractivity contribution in [2.24, 2.45) is 11.1 Å². The third kappa shape index (κ3) is 2.92. The standard InChI is InChI=1S/C16H21ClN2OS/c1-11(12-7-3-4-8-13(12)17)19(2)15(20)16(14(18)21)9-5-6-10-16/h3-4,7-8,11H,5-6,9-10H2,1-2H3,(H2,18,21). The van der Waals surface area contributed by atoms with Crippen molar-refractivity contribution in [2.75, 3.05) is 7.05 Å². The van der Waals surface area contributed by atoms with Crippen molar-refractivity contribution in [3.05, 3.63) is 34.9 Å². The Morgan fingerprint density at radius 2 is 1.95 bits per heavy atom. The summed E-state index contributed by atoms with van der Waals surface area (Å²) in [6, 6.07) is 7.48. The van der Waals surface area contributed by atoms with Crippen LogP contribution in [-0.2, 0) is 4.79 Å². The number of rotatable bonds is 4. The van der Waals surface area contributed by atoms with E-state index in [0.29, 0.717) is 10.0 Å². The summed E-state index contributed by atoms with van der Waals surface area (Å²) in [6.07, 6.45) is 3.50. The number of benzene rings is 1. The Bertz CT molecular complexity index is 555. The van der Waals surface area contributed by atoms with E-state index >= 15 is 0 Å². The maximum absolute atomic E-state index is 13.0.